The summed E-state index contributed by atoms with van der Waals surface area (Å²) in [5.41, 5.74) is 0. The molecule has 2 rings (SSSR count). The maximum atomic E-state index is 10.1. The minimum atomic E-state index is -0.365. The van der Waals surface area contributed by atoms with Crippen molar-refractivity contribution in [2.45, 2.75) is 37.9 Å². The van der Waals surface area contributed by atoms with Crippen LogP contribution in [0.15, 0.2) is 36.4 Å². The van der Waals surface area contributed by atoms with Gasteiger partial charge < -0.3 is 9.84 Å². The van der Waals surface area contributed by atoms with E-state index in [1.54, 1.807) is 0 Å². The molecule has 1 N–H and O–H groups in total. The van der Waals surface area contributed by atoms with Gasteiger partial charge >= 0.3 is 0 Å². The summed E-state index contributed by atoms with van der Waals surface area (Å²) >= 11 is 2.26. The third-order valence-electron chi connectivity index (χ3n) is 2.96. The van der Waals surface area contributed by atoms with Gasteiger partial charge in [-0.25, -0.2) is 0 Å². The van der Waals surface area contributed by atoms with E-state index >= 15 is 0 Å². The van der Waals surface area contributed by atoms with Gasteiger partial charge in [-0.1, -0.05) is 24.3 Å². The van der Waals surface area contributed by atoms with Crippen molar-refractivity contribution in [3.8, 4) is 5.75 Å². The van der Waals surface area contributed by atoms with Gasteiger partial charge in [-0.2, -0.15) is 0 Å². The highest BCUT2D eigenvalue weighted by atomic mass is 127. The first-order valence-corrected chi connectivity index (χ1v) is 7.09. The van der Waals surface area contributed by atoms with Crippen LogP contribution in [0.2, 0.25) is 0 Å². The van der Waals surface area contributed by atoms with E-state index in [2.05, 4.69) is 34.7 Å². The number of hydrogen-bond donors (Lipinski definition) is 1. The molecule has 1 aromatic carbocycles. The van der Waals surface area contributed by atoms with Crippen LogP contribution in [0.5, 0.6) is 5.75 Å². The number of rotatable bonds is 2. The predicted molar refractivity (Wildman–Crippen MR) is 77.2 cm³/mol. The van der Waals surface area contributed by atoms with Crippen LogP contribution in [0.1, 0.15) is 25.7 Å². The Bertz CT molecular complexity index is 390. The highest BCUT2D eigenvalue weighted by Crippen LogP contribution is 2.24. The van der Waals surface area contributed by atoms with Gasteiger partial charge in [0.1, 0.15) is 11.9 Å². The normalized spacial score (nSPS) is 26.9. The fourth-order valence-corrected chi connectivity index (χ4v) is 2.50. The molecule has 2 nitrogen and oxygen atoms in total. The quantitative estimate of drug-likeness (QED) is 0.657. The summed E-state index contributed by atoms with van der Waals surface area (Å²) < 4.78 is 7.04. The van der Waals surface area contributed by atoms with Gasteiger partial charge in [0.05, 0.1) is 9.67 Å². The van der Waals surface area contributed by atoms with Crippen molar-refractivity contribution >= 4 is 22.6 Å². The second-order valence-electron chi connectivity index (χ2n) is 4.28. The van der Waals surface area contributed by atoms with E-state index in [1.807, 2.05) is 24.3 Å². The van der Waals surface area contributed by atoms with Crippen LogP contribution in [0.4, 0.5) is 0 Å². The minimum Gasteiger partial charge on any atom is -0.487 e. The molecule has 0 saturated heterocycles. The van der Waals surface area contributed by atoms with E-state index in [0.717, 1.165) is 35.0 Å². The lowest BCUT2D eigenvalue weighted by molar-refractivity contribution is 0.0257. The molecule has 0 unspecified atom stereocenters. The summed E-state index contributed by atoms with van der Waals surface area (Å²) in [5.74, 6) is 0.877. The molecular weight excluding hydrogens is 327 g/mol. The number of para-hydroxylation sites is 1. The van der Waals surface area contributed by atoms with E-state index in [9.17, 15) is 5.11 Å². The molecule has 2 atom stereocenters. The molecule has 0 amide bonds. The van der Waals surface area contributed by atoms with Crippen LogP contribution >= 0.6 is 22.6 Å². The van der Waals surface area contributed by atoms with Crippen molar-refractivity contribution in [2.24, 2.45) is 0 Å². The molecule has 3 heteroatoms. The van der Waals surface area contributed by atoms with Crippen molar-refractivity contribution in [2.75, 3.05) is 0 Å². The summed E-state index contributed by atoms with van der Waals surface area (Å²) in [7, 11) is 0. The standard InChI is InChI=1S/C14H17IO2/c15-11-7-5-6-9-13(11)17-14-10-4-2-1-3-8-12(14)16/h1-2,5-7,9,12,14,16H,3-4,8,10H2/b2-1-/t12-,14-/m0/s1. The molecule has 0 saturated carbocycles. The molecule has 0 heterocycles. The molecule has 1 aliphatic carbocycles. The molecular formula is C14H17IO2. The largest absolute Gasteiger partial charge is 0.487 e. The van der Waals surface area contributed by atoms with Gasteiger partial charge in [0.15, 0.2) is 0 Å². The maximum Gasteiger partial charge on any atom is 0.133 e. The van der Waals surface area contributed by atoms with Gasteiger partial charge in [-0.3, -0.25) is 0 Å². The first-order valence-electron chi connectivity index (χ1n) is 6.01. The minimum absolute atomic E-state index is 0.0872. The molecule has 1 aromatic rings. The number of benzene rings is 1. The highest BCUT2D eigenvalue weighted by Gasteiger charge is 2.21. The number of hydrogen-bond acceptors (Lipinski definition) is 2. The van der Waals surface area contributed by atoms with Gasteiger partial charge in [0.2, 0.25) is 0 Å². The summed E-state index contributed by atoms with van der Waals surface area (Å²) in [6, 6.07) is 7.94. The molecule has 1 aliphatic rings. The number of aliphatic hydroxyl groups is 1. The lowest BCUT2D eigenvalue weighted by Crippen LogP contribution is -2.32. The topological polar surface area (TPSA) is 29.5 Å². The Morgan fingerprint density at radius 2 is 1.82 bits per heavy atom. The molecule has 0 fully saturated rings. The Labute approximate surface area is 116 Å². The van der Waals surface area contributed by atoms with E-state index in [1.165, 1.54) is 0 Å². The Balaban J connectivity index is 2.06. The lowest BCUT2D eigenvalue weighted by Gasteiger charge is -2.25. The van der Waals surface area contributed by atoms with E-state index in [0.29, 0.717) is 0 Å². The summed E-state index contributed by atoms with van der Waals surface area (Å²) in [6.07, 6.45) is 7.45. The third-order valence-corrected chi connectivity index (χ3v) is 3.85. The fraction of sp³-hybridized carbons (Fsp3) is 0.429. The van der Waals surface area contributed by atoms with E-state index < -0.39 is 0 Å². The van der Waals surface area contributed by atoms with Crippen molar-refractivity contribution in [3.63, 3.8) is 0 Å². The highest BCUT2D eigenvalue weighted by molar-refractivity contribution is 14.1. The van der Waals surface area contributed by atoms with Gasteiger partial charge in [0.25, 0.3) is 0 Å². The Kier molecular flexibility index (Phi) is 4.86. The number of allylic oxidation sites excluding steroid dienone is 2. The second kappa shape index (κ2) is 6.40. The molecule has 0 aromatic heterocycles. The molecule has 0 aliphatic heterocycles. The van der Waals surface area contributed by atoms with Gasteiger partial charge in [-0.15, -0.1) is 0 Å². The zero-order valence-electron chi connectivity index (χ0n) is 9.68. The van der Waals surface area contributed by atoms with Crippen molar-refractivity contribution in [1.82, 2.24) is 0 Å². The Morgan fingerprint density at radius 3 is 2.59 bits per heavy atom. The lowest BCUT2D eigenvalue weighted by atomic mass is 10.0. The van der Waals surface area contributed by atoms with Crippen LogP contribution in [-0.2, 0) is 0 Å². The van der Waals surface area contributed by atoms with Gasteiger partial charge in [-0.05, 0) is 60.4 Å². The van der Waals surface area contributed by atoms with Crippen molar-refractivity contribution in [3.05, 3.63) is 40.0 Å². The average molecular weight is 344 g/mol. The van der Waals surface area contributed by atoms with E-state index in [4.69, 9.17) is 4.74 Å². The number of ether oxygens (including phenoxy) is 1. The van der Waals surface area contributed by atoms with Crippen LogP contribution in [0.3, 0.4) is 0 Å². The SMILES string of the molecule is O[C@H]1CC/C=C\CC[C@@H]1Oc1ccccc1I. The monoisotopic (exact) mass is 344 g/mol. The smallest absolute Gasteiger partial charge is 0.133 e. The molecule has 17 heavy (non-hydrogen) atoms. The first-order chi connectivity index (χ1) is 8.27. The average Bonchev–Trinajstić information content (AvgIpc) is 2.31. The van der Waals surface area contributed by atoms with Crippen LogP contribution in [-0.4, -0.2) is 17.3 Å². The second-order valence-corrected chi connectivity index (χ2v) is 5.44. The zero-order chi connectivity index (χ0) is 12.1. The van der Waals surface area contributed by atoms with E-state index in [-0.39, 0.29) is 12.2 Å². The van der Waals surface area contributed by atoms with Gasteiger partial charge in [0, 0.05) is 0 Å². The third kappa shape index (κ3) is 3.71. The Morgan fingerprint density at radius 1 is 1.12 bits per heavy atom. The summed E-state index contributed by atoms with van der Waals surface area (Å²) in [5, 5.41) is 10.1. The van der Waals surface area contributed by atoms with Crippen LogP contribution in [0, 0.1) is 3.57 Å². The predicted octanol–water partition coefficient (Wildman–Crippen LogP) is 3.53. The fourth-order valence-electron chi connectivity index (χ4n) is 1.98. The molecule has 0 bridgehead atoms. The van der Waals surface area contributed by atoms with Crippen LogP contribution < -0.4 is 4.74 Å². The molecule has 0 spiro atoms. The van der Waals surface area contributed by atoms with Crippen LogP contribution in [0.25, 0.3) is 0 Å². The summed E-state index contributed by atoms with van der Waals surface area (Å²) in [6.45, 7) is 0. The number of halogens is 1. The first kappa shape index (κ1) is 12.9. The van der Waals surface area contributed by atoms with Crippen molar-refractivity contribution < 1.29 is 9.84 Å². The van der Waals surface area contributed by atoms with Crippen molar-refractivity contribution in [1.29, 1.82) is 0 Å². The molecule has 92 valence electrons. The zero-order valence-corrected chi connectivity index (χ0v) is 11.8. The molecule has 0 radical (unpaired) electrons. The number of aliphatic hydroxyl groups excluding tert-OH is 1. The Hall–Kier alpha value is -0.550. The summed E-state index contributed by atoms with van der Waals surface area (Å²) in [4.78, 5) is 0. The maximum absolute atomic E-state index is 10.1.